The first kappa shape index (κ1) is 17.8. The molecule has 0 aliphatic rings. The average molecular weight is 443 g/mol. The smallest absolute Gasteiger partial charge is 0.335 e. The number of ether oxygens (including phenoxy) is 1. The fourth-order valence-electron chi connectivity index (χ4n) is 2.04. The zero-order chi connectivity index (χ0) is 16.8. The molecule has 0 unspecified atom stereocenters. The summed E-state index contributed by atoms with van der Waals surface area (Å²) >= 11 is 7.02. The molecule has 0 bridgehead atoms. The van der Waals surface area contributed by atoms with E-state index >= 15 is 0 Å². The third-order valence-electron chi connectivity index (χ3n) is 3.15. The highest BCUT2D eigenvalue weighted by Crippen LogP contribution is 2.33. The Kier molecular flexibility index (Phi) is 6.47. The minimum atomic E-state index is -0.928. The molecular formula is C17H17Br2NO3. The Morgan fingerprint density at radius 3 is 2.52 bits per heavy atom. The predicted molar refractivity (Wildman–Crippen MR) is 98.4 cm³/mol. The second kappa shape index (κ2) is 8.36. The lowest BCUT2D eigenvalue weighted by Crippen LogP contribution is -2.05. The molecule has 0 heterocycles. The lowest BCUT2D eigenvalue weighted by atomic mass is 10.1. The molecule has 2 rings (SSSR count). The molecule has 0 saturated heterocycles. The van der Waals surface area contributed by atoms with Gasteiger partial charge >= 0.3 is 5.97 Å². The van der Waals surface area contributed by atoms with Crippen molar-refractivity contribution in [3.05, 3.63) is 56.5 Å². The Morgan fingerprint density at radius 1 is 1.22 bits per heavy atom. The van der Waals surface area contributed by atoms with Gasteiger partial charge in [-0.2, -0.15) is 0 Å². The van der Waals surface area contributed by atoms with Crippen LogP contribution in [0, 0.1) is 0 Å². The van der Waals surface area contributed by atoms with Gasteiger partial charge in [-0.25, -0.2) is 4.79 Å². The van der Waals surface area contributed by atoms with E-state index in [0.29, 0.717) is 13.2 Å². The second-order valence-corrected chi connectivity index (χ2v) is 6.73. The molecule has 0 fully saturated rings. The Hall–Kier alpha value is -1.53. The first-order valence-corrected chi connectivity index (χ1v) is 8.77. The van der Waals surface area contributed by atoms with Crippen LogP contribution >= 0.6 is 31.9 Å². The van der Waals surface area contributed by atoms with Gasteiger partial charge in [-0.05, 0) is 58.7 Å². The monoisotopic (exact) mass is 441 g/mol. The van der Waals surface area contributed by atoms with E-state index in [9.17, 15) is 4.79 Å². The van der Waals surface area contributed by atoms with Gasteiger partial charge in [0.05, 0.1) is 16.6 Å². The molecule has 0 atom stereocenters. The molecule has 122 valence electrons. The van der Waals surface area contributed by atoms with Crippen molar-refractivity contribution < 1.29 is 14.6 Å². The van der Waals surface area contributed by atoms with Crippen LogP contribution in [0.2, 0.25) is 0 Å². The molecule has 6 heteroatoms. The van der Waals surface area contributed by atoms with E-state index in [1.807, 2.05) is 12.1 Å². The van der Waals surface area contributed by atoms with Crippen LogP contribution in [0.4, 0.5) is 5.69 Å². The lowest BCUT2D eigenvalue weighted by molar-refractivity contribution is 0.0697. The molecule has 0 aliphatic heterocycles. The minimum absolute atomic E-state index is 0.271. The van der Waals surface area contributed by atoms with Crippen LogP contribution in [-0.4, -0.2) is 17.7 Å². The fraction of sp³-hybridized carbons (Fsp3) is 0.235. The van der Waals surface area contributed by atoms with Gasteiger partial charge in [0.1, 0.15) is 5.75 Å². The molecule has 0 spiro atoms. The summed E-state index contributed by atoms with van der Waals surface area (Å²) in [4.78, 5) is 10.9. The molecule has 0 amide bonds. The standard InChI is InChI=1S/C17H17Br2NO3/c1-2-7-23-16-12(8-13(18)9-15(16)19)10-20-14-5-3-11(4-6-14)17(21)22/h3-6,8-9,20H,2,7,10H2,1H3,(H,21,22). The first-order chi connectivity index (χ1) is 11.0. The molecule has 0 aromatic heterocycles. The summed E-state index contributed by atoms with van der Waals surface area (Å²) in [6.07, 6.45) is 0.937. The number of hydrogen-bond donors (Lipinski definition) is 2. The van der Waals surface area contributed by atoms with Gasteiger partial charge in [0, 0.05) is 22.3 Å². The average Bonchev–Trinajstić information content (AvgIpc) is 2.52. The number of benzene rings is 2. The second-order valence-electron chi connectivity index (χ2n) is 4.96. The minimum Gasteiger partial charge on any atom is -0.492 e. The quantitative estimate of drug-likeness (QED) is 0.609. The van der Waals surface area contributed by atoms with Gasteiger partial charge in [-0.1, -0.05) is 22.9 Å². The molecule has 23 heavy (non-hydrogen) atoms. The van der Waals surface area contributed by atoms with E-state index in [-0.39, 0.29) is 5.56 Å². The van der Waals surface area contributed by atoms with Crippen LogP contribution in [0.25, 0.3) is 0 Å². The summed E-state index contributed by atoms with van der Waals surface area (Å²) in [7, 11) is 0. The third kappa shape index (κ3) is 4.97. The van der Waals surface area contributed by atoms with E-state index in [4.69, 9.17) is 9.84 Å². The SMILES string of the molecule is CCCOc1c(Br)cc(Br)cc1CNc1ccc(C(=O)O)cc1. The largest absolute Gasteiger partial charge is 0.492 e. The number of carbonyl (C=O) groups is 1. The highest BCUT2D eigenvalue weighted by molar-refractivity contribution is 9.11. The van der Waals surface area contributed by atoms with Gasteiger partial charge in [0.25, 0.3) is 0 Å². The topological polar surface area (TPSA) is 58.6 Å². The van der Waals surface area contributed by atoms with E-state index < -0.39 is 5.97 Å². The number of nitrogens with one attached hydrogen (secondary N) is 1. The van der Waals surface area contributed by atoms with Crippen LogP contribution in [0.1, 0.15) is 29.3 Å². The van der Waals surface area contributed by atoms with Gasteiger partial charge in [0.15, 0.2) is 0 Å². The van der Waals surface area contributed by atoms with Crippen molar-refractivity contribution in [3.63, 3.8) is 0 Å². The summed E-state index contributed by atoms with van der Waals surface area (Å²) in [5.74, 6) is -0.104. The van der Waals surface area contributed by atoms with Gasteiger partial charge in [0.2, 0.25) is 0 Å². The van der Waals surface area contributed by atoms with Crippen LogP contribution in [0.3, 0.4) is 0 Å². The van der Waals surface area contributed by atoms with Crippen molar-refractivity contribution in [2.75, 3.05) is 11.9 Å². The summed E-state index contributed by atoms with van der Waals surface area (Å²) < 4.78 is 7.69. The summed E-state index contributed by atoms with van der Waals surface area (Å²) in [6.45, 7) is 3.29. The highest BCUT2D eigenvalue weighted by atomic mass is 79.9. The van der Waals surface area contributed by atoms with Crippen molar-refractivity contribution >= 4 is 43.5 Å². The zero-order valence-corrected chi connectivity index (χ0v) is 15.8. The number of hydrogen-bond acceptors (Lipinski definition) is 3. The summed E-state index contributed by atoms with van der Waals surface area (Å²) in [5, 5.41) is 12.2. The molecule has 2 N–H and O–H groups in total. The van der Waals surface area contributed by atoms with Gasteiger partial charge in [-0.3, -0.25) is 0 Å². The number of anilines is 1. The number of carboxylic acid groups (broad SMARTS) is 1. The van der Waals surface area contributed by atoms with Crippen LogP contribution in [0.15, 0.2) is 45.3 Å². The normalized spacial score (nSPS) is 10.4. The highest BCUT2D eigenvalue weighted by Gasteiger charge is 2.10. The predicted octanol–water partition coefficient (Wildman–Crippen LogP) is 5.31. The molecule has 0 radical (unpaired) electrons. The first-order valence-electron chi connectivity index (χ1n) is 7.19. The zero-order valence-electron chi connectivity index (χ0n) is 12.6. The van der Waals surface area contributed by atoms with Crippen molar-refractivity contribution in [1.82, 2.24) is 0 Å². The molecular weight excluding hydrogens is 426 g/mol. The Morgan fingerprint density at radius 2 is 1.91 bits per heavy atom. The van der Waals surface area contributed by atoms with Crippen LogP contribution in [0.5, 0.6) is 5.75 Å². The number of carboxylic acids is 1. The van der Waals surface area contributed by atoms with Crippen molar-refractivity contribution in [2.45, 2.75) is 19.9 Å². The molecule has 4 nitrogen and oxygen atoms in total. The molecule has 0 aliphatic carbocycles. The Balaban J connectivity index is 2.14. The Labute approximate surface area is 152 Å². The number of rotatable bonds is 7. The number of halogens is 2. The van der Waals surface area contributed by atoms with E-state index in [0.717, 1.165) is 32.4 Å². The Bertz CT molecular complexity index is 687. The number of aromatic carboxylic acids is 1. The van der Waals surface area contributed by atoms with E-state index in [2.05, 4.69) is 44.1 Å². The van der Waals surface area contributed by atoms with E-state index in [1.165, 1.54) is 0 Å². The molecule has 0 saturated carbocycles. The van der Waals surface area contributed by atoms with Crippen molar-refractivity contribution in [1.29, 1.82) is 0 Å². The van der Waals surface area contributed by atoms with Gasteiger partial charge in [-0.15, -0.1) is 0 Å². The van der Waals surface area contributed by atoms with Crippen molar-refractivity contribution in [3.8, 4) is 5.75 Å². The maximum absolute atomic E-state index is 10.9. The molecule has 2 aromatic carbocycles. The third-order valence-corrected chi connectivity index (χ3v) is 4.20. The molecule has 2 aromatic rings. The van der Waals surface area contributed by atoms with Gasteiger partial charge < -0.3 is 15.2 Å². The fourth-order valence-corrected chi connectivity index (χ4v) is 3.47. The maximum Gasteiger partial charge on any atom is 0.335 e. The van der Waals surface area contributed by atoms with Crippen LogP contribution < -0.4 is 10.1 Å². The summed E-state index contributed by atoms with van der Waals surface area (Å²) in [6, 6.07) is 10.6. The maximum atomic E-state index is 10.9. The lowest BCUT2D eigenvalue weighted by Gasteiger charge is -2.15. The van der Waals surface area contributed by atoms with Crippen LogP contribution in [-0.2, 0) is 6.54 Å². The summed E-state index contributed by atoms with van der Waals surface area (Å²) in [5.41, 5.74) is 2.14. The van der Waals surface area contributed by atoms with E-state index in [1.54, 1.807) is 24.3 Å². The van der Waals surface area contributed by atoms with Crippen molar-refractivity contribution in [2.24, 2.45) is 0 Å².